The molecule has 0 aliphatic heterocycles. The molecule has 74 valence electrons. The molecule has 1 atom stereocenters. The Morgan fingerprint density at radius 3 is 2.33 bits per heavy atom. The maximum Gasteiger partial charge on any atom is 0.197 e. The van der Waals surface area contributed by atoms with E-state index in [0.717, 1.165) is 0 Å². The number of rotatable bonds is 5. The van der Waals surface area contributed by atoms with Crippen molar-refractivity contribution in [3.05, 3.63) is 0 Å². The van der Waals surface area contributed by atoms with Crippen LogP contribution in [0.15, 0.2) is 0 Å². The van der Waals surface area contributed by atoms with Gasteiger partial charge in [-0.05, 0) is 18.9 Å². The largest absolute Gasteiger partial charge is 0.745 e. The van der Waals surface area contributed by atoms with E-state index in [1.165, 1.54) is 0 Å². The molecule has 0 spiro atoms. The standard InChI is InChI=1S/C6H15NO4S/c1-5(2)3-4-7-6(8)12(9,10)11/h5-8H,3-4H2,1-2H3,(H,9,10,11)/p-1. The van der Waals surface area contributed by atoms with Crippen LogP contribution in [0.1, 0.15) is 20.3 Å². The third-order valence-corrected chi connectivity index (χ3v) is 2.03. The highest BCUT2D eigenvalue weighted by molar-refractivity contribution is 7.86. The lowest BCUT2D eigenvalue weighted by atomic mass is 10.1. The molecule has 0 bridgehead atoms. The zero-order valence-electron chi connectivity index (χ0n) is 7.15. The van der Waals surface area contributed by atoms with Crippen LogP contribution in [0.25, 0.3) is 0 Å². The Kier molecular flexibility index (Phi) is 4.69. The molecule has 0 aliphatic carbocycles. The Morgan fingerprint density at radius 1 is 1.50 bits per heavy atom. The van der Waals surface area contributed by atoms with E-state index in [1.54, 1.807) is 0 Å². The Morgan fingerprint density at radius 2 is 2.00 bits per heavy atom. The van der Waals surface area contributed by atoms with Crippen molar-refractivity contribution in [2.45, 2.75) is 25.8 Å². The van der Waals surface area contributed by atoms with Gasteiger partial charge >= 0.3 is 0 Å². The van der Waals surface area contributed by atoms with Gasteiger partial charge in [0.1, 0.15) is 10.1 Å². The molecule has 0 aromatic rings. The van der Waals surface area contributed by atoms with Gasteiger partial charge in [-0.2, -0.15) is 0 Å². The molecule has 12 heavy (non-hydrogen) atoms. The minimum Gasteiger partial charge on any atom is -0.745 e. The lowest BCUT2D eigenvalue weighted by Gasteiger charge is -2.16. The molecule has 0 saturated heterocycles. The Labute approximate surface area is 72.5 Å². The van der Waals surface area contributed by atoms with Crippen molar-refractivity contribution in [2.24, 2.45) is 5.92 Å². The molecular formula is C6H14NO4S-. The van der Waals surface area contributed by atoms with Crippen molar-refractivity contribution in [1.82, 2.24) is 5.32 Å². The highest BCUT2D eigenvalue weighted by Gasteiger charge is 2.09. The van der Waals surface area contributed by atoms with Crippen LogP contribution in [0.4, 0.5) is 0 Å². The fourth-order valence-corrected chi connectivity index (χ4v) is 0.920. The summed E-state index contributed by atoms with van der Waals surface area (Å²) < 4.78 is 30.4. The monoisotopic (exact) mass is 196 g/mol. The molecule has 0 fully saturated rings. The minimum absolute atomic E-state index is 0.320. The zero-order chi connectivity index (χ0) is 9.78. The van der Waals surface area contributed by atoms with Gasteiger partial charge in [0.2, 0.25) is 0 Å². The molecule has 0 radical (unpaired) electrons. The van der Waals surface area contributed by atoms with Crippen LogP contribution in [-0.2, 0) is 10.1 Å². The number of hydrogen-bond acceptors (Lipinski definition) is 5. The van der Waals surface area contributed by atoms with Crippen LogP contribution in [-0.4, -0.2) is 30.2 Å². The third kappa shape index (κ3) is 5.48. The van der Waals surface area contributed by atoms with Crippen molar-refractivity contribution in [3.8, 4) is 0 Å². The highest BCUT2D eigenvalue weighted by Crippen LogP contribution is 1.97. The topological polar surface area (TPSA) is 89.5 Å². The van der Waals surface area contributed by atoms with Gasteiger partial charge in [-0.15, -0.1) is 0 Å². The fraction of sp³-hybridized carbons (Fsp3) is 1.00. The van der Waals surface area contributed by atoms with E-state index in [0.29, 0.717) is 18.9 Å². The van der Waals surface area contributed by atoms with Crippen LogP contribution in [0.2, 0.25) is 0 Å². The first kappa shape index (κ1) is 11.8. The first-order valence-corrected chi connectivity index (χ1v) is 5.17. The maximum atomic E-state index is 10.1. The molecule has 6 heteroatoms. The highest BCUT2D eigenvalue weighted by atomic mass is 32.2. The second-order valence-electron chi connectivity index (χ2n) is 2.98. The summed E-state index contributed by atoms with van der Waals surface area (Å²) in [6.07, 6.45) is 0.715. The van der Waals surface area contributed by atoms with Crippen LogP contribution >= 0.6 is 0 Å². The second-order valence-corrected chi connectivity index (χ2v) is 4.41. The summed E-state index contributed by atoms with van der Waals surface area (Å²) in [5.74, 6) is 0.402. The average Bonchev–Trinajstić information content (AvgIpc) is 1.84. The number of aliphatic hydroxyl groups is 1. The summed E-state index contributed by atoms with van der Waals surface area (Å²) in [7, 11) is -4.61. The molecule has 0 amide bonds. The predicted octanol–water partition coefficient (Wildman–Crippen LogP) is -0.557. The van der Waals surface area contributed by atoms with Crippen molar-refractivity contribution in [1.29, 1.82) is 0 Å². The van der Waals surface area contributed by atoms with Crippen LogP contribution in [0, 0.1) is 5.92 Å². The smallest absolute Gasteiger partial charge is 0.197 e. The third-order valence-electron chi connectivity index (χ3n) is 1.31. The summed E-state index contributed by atoms with van der Waals surface area (Å²) in [5.41, 5.74) is -1.98. The molecule has 5 nitrogen and oxygen atoms in total. The van der Waals surface area contributed by atoms with Gasteiger partial charge in [0.25, 0.3) is 0 Å². The van der Waals surface area contributed by atoms with Gasteiger partial charge < -0.3 is 9.66 Å². The van der Waals surface area contributed by atoms with E-state index in [9.17, 15) is 13.0 Å². The van der Waals surface area contributed by atoms with Gasteiger partial charge in [-0.25, -0.2) is 8.42 Å². The number of nitrogens with one attached hydrogen (secondary N) is 1. The predicted molar refractivity (Wildman–Crippen MR) is 43.2 cm³/mol. The van der Waals surface area contributed by atoms with E-state index in [1.807, 2.05) is 13.8 Å². The van der Waals surface area contributed by atoms with Crippen LogP contribution in [0.5, 0.6) is 0 Å². The Bertz CT molecular complexity index is 212. The van der Waals surface area contributed by atoms with E-state index >= 15 is 0 Å². The lowest BCUT2D eigenvalue weighted by Crippen LogP contribution is -2.37. The summed E-state index contributed by atoms with van der Waals surface area (Å²) in [4.78, 5) is 0. The quantitative estimate of drug-likeness (QED) is 0.454. The van der Waals surface area contributed by atoms with E-state index in [4.69, 9.17) is 5.11 Å². The first-order valence-electron chi connectivity index (χ1n) is 3.70. The molecule has 0 heterocycles. The molecule has 0 aliphatic rings. The lowest BCUT2D eigenvalue weighted by molar-refractivity contribution is 0.194. The first-order chi connectivity index (χ1) is 5.34. The number of aliphatic hydroxyl groups excluding tert-OH is 1. The molecule has 0 aromatic heterocycles. The van der Waals surface area contributed by atoms with Crippen LogP contribution < -0.4 is 5.32 Å². The summed E-state index contributed by atoms with van der Waals surface area (Å²) >= 11 is 0. The molecule has 0 saturated carbocycles. The Hall–Kier alpha value is -0.170. The summed E-state index contributed by atoms with van der Waals surface area (Å²) in [5, 5.41) is 10.9. The molecule has 0 rings (SSSR count). The molecule has 1 unspecified atom stereocenters. The molecular weight excluding hydrogens is 182 g/mol. The fourth-order valence-electron chi connectivity index (χ4n) is 0.598. The van der Waals surface area contributed by atoms with Crippen molar-refractivity contribution in [3.63, 3.8) is 0 Å². The SMILES string of the molecule is CC(C)CCNC(O)S(=O)(=O)[O-]. The minimum atomic E-state index is -4.61. The molecule has 2 N–H and O–H groups in total. The average molecular weight is 196 g/mol. The van der Waals surface area contributed by atoms with Crippen molar-refractivity contribution < 1.29 is 18.1 Å². The van der Waals surface area contributed by atoms with Gasteiger partial charge in [-0.3, -0.25) is 5.32 Å². The van der Waals surface area contributed by atoms with E-state index in [2.05, 4.69) is 5.32 Å². The normalized spacial score (nSPS) is 15.1. The van der Waals surface area contributed by atoms with Gasteiger partial charge in [0.15, 0.2) is 5.56 Å². The van der Waals surface area contributed by atoms with Gasteiger partial charge in [0.05, 0.1) is 0 Å². The molecule has 0 aromatic carbocycles. The second kappa shape index (κ2) is 4.76. The van der Waals surface area contributed by atoms with Crippen molar-refractivity contribution in [2.75, 3.05) is 6.54 Å². The summed E-state index contributed by atoms with van der Waals surface area (Å²) in [6.45, 7) is 4.24. The van der Waals surface area contributed by atoms with Crippen LogP contribution in [0.3, 0.4) is 0 Å². The summed E-state index contributed by atoms with van der Waals surface area (Å²) in [6, 6.07) is 0. The van der Waals surface area contributed by atoms with Gasteiger partial charge in [0, 0.05) is 0 Å². The maximum absolute atomic E-state index is 10.1. The zero-order valence-corrected chi connectivity index (χ0v) is 7.97. The number of hydrogen-bond donors (Lipinski definition) is 2. The van der Waals surface area contributed by atoms with Gasteiger partial charge in [-0.1, -0.05) is 13.8 Å². The van der Waals surface area contributed by atoms with Crippen molar-refractivity contribution >= 4 is 10.1 Å². The van der Waals surface area contributed by atoms with E-state index in [-0.39, 0.29) is 0 Å². The van der Waals surface area contributed by atoms with E-state index < -0.39 is 15.7 Å². The Balaban J connectivity index is 3.66.